The molecule has 0 aromatic heterocycles. The summed E-state index contributed by atoms with van der Waals surface area (Å²) in [6, 6.07) is 3.79. The Hall–Kier alpha value is -2.70. The quantitative estimate of drug-likeness (QED) is 0.414. The zero-order valence-corrected chi connectivity index (χ0v) is 10.0. The van der Waals surface area contributed by atoms with Crippen LogP contribution in [0.3, 0.4) is 0 Å². The van der Waals surface area contributed by atoms with E-state index in [2.05, 4.69) is 0 Å². The van der Waals surface area contributed by atoms with Crippen molar-refractivity contribution in [1.82, 2.24) is 0 Å². The van der Waals surface area contributed by atoms with Gasteiger partial charge in [0.1, 0.15) is 11.4 Å². The zero-order chi connectivity index (χ0) is 14.3. The number of aromatic hydroxyl groups is 1. The van der Waals surface area contributed by atoms with E-state index in [0.29, 0.717) is 0 Å². The lowest BCUT2D eigenvalue weighted by Gasteiger charge is -2.21. The number of nitro groups is 1. The third kappa shape index (κ3) is 3.91. The largest absolute Gasteiger partial charge is 0.516 e. The summed E-state index contributed by atoms with van der Waals surface area (Å²) in [5.74, 6) is -0.203. The number of nitrogens with zero attached hydrogens (tertiary/aromatic N) is 2. The topological polar surface area (TPSA) is 107 Å². The summed E-state index contributed by atoms with van der Waals surface area (Å²) < 4.78 is 0. The first-order valence-corrected chi connectivity index (χ1v) is 5.41. The van der Waals surface area contributed by atoms with E-state index in [-0.39, 0.29) is 30.2 Å². The van der Waals surface area contributed by atoms with E-state index < -0.39 is 4.92 Å². The third-order valence-corrected chi connectivity index (χ3v) is 2.36. The molecule has 0 aliphatic heterocycles. The first-order valence-electron chi connectivity index (χ1n) is 5.41. The number of benzene rings is 1. The average molecular weight is 266 g/mol. The van der Waals surface area contributed by atoms with E-state index >= 15 is 0 Å². The summed E-state index contributed by atoms with van der Waals surface area (Å²) >= 11 is 0. The molecule has 7 heteroatoms. The summed E-state index contributed by atoms with van der Waals surface area (Å²) in [5.41, 5.74) is 0.0247. The van der Waals surface area contributed by atoms with Crippen LogP contribution in [-0.2, 0) is 0 Å². The highest BCUT2D eigenvalue weighted by atomic mass is 16.6. The van der Waals surface area contributed by atoms with E-state index in [9.17, 15) is 15.2 Å². The molecule has 0 saturated heterocycles. The van der Waals surface area contributed by atoms with Gasteiger partial charge < -0.3 is 20.2 Å². The molecule has 0 fully saturated rings. The Morgan fingerprint density at radius 2 is 1.79 bits per heavy atom. The molecule has 0 aliphatic rings. The number of phenolic OH excluding ortho intramolecular Hbond substituents is 1. The second-order valence-electron chi connectivity index (χ2n) is 3.60. The summed E-state index contributed by atoms with van der Waals surface area (Å²) in [5, 5.41) is 37.6. The third-order valence-electron chi connectivity index (χ3n) is 2.36. The number of anilines is 1. The molecule has 7 nitrogen and oxygen atoms in total. The highest BCUT2D eigenvalue weighted by Crippen LogP contribution is 2.31. The number of aliphatic hydroxyl groups excluding tert-OH is 2. The summed E-state index contributed by atoms with van der Waals surface area (Å²) in [6.45, 7) is 0.429. The van der Waals surface area contributed by atoms with Crippen molar-refractivity contribution in [2.75, 3.05) is 18.0 Å². The molecule has 0 radical (unpaired) electrons. The first kappa shape index (κ1) is 14.4. The van der Waals surface area contributed by atoms with Crippen LogP contribution in [0.1, 0.15) is 0 Å². The molecule has 19 heavy (non-hydrogen) atoms. The van der Waals surface area contributed by atoms with Gasteiger partial charge >= 0.3 is 0 Å². The predicted octanol–water partition coefficient (Wildman–Crippen LogP) is 2.25. The number of rotatable bonds is 6. The normalized spacial score (nSPS) is 11.2. The Labute approximate surface area is 109 Å². The van der Waals surface area contributed by atoms with Gasteiger partial charge in [-0.1, -0.05) is 0 Å². The molecule has 1 aromatic carbocycles. The van der Waals surface area contributed by atoms with Gasteiger partial charge in [0, 0.05) is 13.1 Å². The SMILES string of the molecule is O=[N+]([O-])c1cc(O)ccc1N(CC=CO)CC=CO. The van der Waals surface area contributed by atoms with Crippen LogP contribution in [0.4, 0.5) is 11.4 Å². The van der Waals surface area contributed by atoms with Gasteiger partial charge in [-0.15, -0.1) is 0 Å². The van der Waals surface area contributed by atoms with Crippen molar-refractivity contribution < 1.29 is 20.2 Å². The standard InChI is InChI=1S/C12H14N2O5/c15-7-1-5-13(6-2-8-16)11-4-3-10(17)9-12(11)14(18)19/h1-4,7-9,15-17H,5-6H2. The van der Waals surface area contributed by atoms with Crippen molar-refractivity contribution in [1.29, 1.82) is 0 Å². The molecule has 0 bridgehead atoms. The van der Waals surface area contributed by atoms with Crippen LogP contribution in [0.15, 0.2) is 42.9 Å². The van der Waals surface area contributed by atoms with E-state index in [1.807, 2.05) is 0 Å². The van der Waals surface area contributed by atoms with E-state index in [1.54, 1.807) is 4.90 Å². The highest BCUT2D eigenvalue weighted by molar-refractivity contribution is 5.65. The van der Waals surface area contributed by atoms with E-state index in [4.69, 9.17) is 10.2 Å². The molecule has 102 valence electrons. The van der Waals surface area contributed by atoms with Gasteiger partial charge in [-0.05, 0) is 24.3 Å². The van der Waals surface area contributed by atoms with Crippen LogP contribution >= 0.6 is 0 Å². The van der Waals surface area contributed by atoms with Crippen LogP contribution < -0.4 is 4.90 Å². The molecule has 0 aliphatic carbocycles. The maximum absolute atomic E-state index is 11.0. The molecular formula is C12H14N2O5. The smallest absolute Gasteiger partial charge is 0.296 e. The molecule has 1 rings (SSSR count). The summed E-state index contributed by atoms with van der Waals surface area (Å²) in [6.07, 6.45) is 4.48. The van der Waals surface area contributed by atoms with Gasteiger partial charge in [0.05, 0.1) is 23.5 Å². The highest BCUT2D eigenvalue weighted by Gasteiger charge is 2.19. The van der Waals surface area contributed by atoms with Crippen LogP contribution in [0.5, 0.6) is 5.75 Å². The van der Waals surface area contributed by atoms with Crippen LogP contribution in [0.2, 0.25) is 0 Å². The van der Waals surface area contributed by atoms with Crippen molar-refractivity contribution in [3.8, 4) is 5.75 Å². The lowest BCUT2D eigenvalue weighted by molar-refractivity contribution is -0.384. The Morgan fingerprint density at radius 1 is 1.21 bits per heavy atom. The fraction of sp³-hybridized carbons (Fsp3) is 0.167. The molecule has 0 saturated carbocycles. The lowest BCUT2D eigenvalue weighted by atomic mass is 10.2. The van der Waals surface area contributed by atoms with Gasteiger partial charge in [0.2, 0.25) is 0 Å². The Balaban J connectivity index is 3.16. The fourth-order valence-corrected chi connectivity index (χ4v) is 1.55. The Morgan fingerprint density at radius 3 is 2.26 bits per heavy atom. The number of hydrogen-bond acceptors (Lipinski definition) is 6. The maximum atomic E-state index is 11.0. The van der Waals surface area contributed by atoms with Crippen LogP contribution in [0.25, 0.3) is 0 Å². The molecule has 1 aromatic rings. The van der Waals surface area contributed by atoms with Crippen molar-refractivity contribution in [3.63, 3.8) is 0 Å². The van der Waals surface area contributed by atoms with Gasteiger partial charge in [-0.3, -0.25) is 10.1 Å². The molecule has 0 amide bonds. The van der Waals surface area contributed by atoms with Gasteiger partial charge in [-0.2, -0.15) is 0 Å². The zero-order valence-electron chi connectivity index (χ0n) is 10.0. The minimum Gasteiger partial charge on any atom is -0.516 e. The van der Waals surface area contributed by atoms with E-state index in [1.165, 1.54) is 24.3 Å². The van der Waals surface area contributed by atoms with Crippen molar-refractivity contribution >= 4 is 11.4 Å². The Kier molecular flexibility index (Phi) is 5.21. The average Bonchev–Trinajstić information content (AvgIpc) is 2.39. The van der Waals surface area contributed by atoms with Gasteiger partial charge in [0.15, 0.2) is 0 Å². The van der Waals surface area contributed by atoms with Crippen LogP contribution in [0, 0.1) is 10.1 Å². The number of phenols is 1. The summed E-state index contributed by atoms with van der Waals surface area (Å²) in [7, 11) is 0. The summed E-state index contributed by atoms with van der Waals surface area (Å²) in [4.78, 5) is 11.9. The van der Waals surface area contributed by atoms with Crippen molar-refractivity contribution in [2.45, 2.75) is 0 Å². The molecule has 3 N–H and O–H groups in total. The second-order valence-corrected chi connectivity index (χ2v) is 3.60. The fourth-order valence-electron chi connectivity index (χ4n) is 1.55. The number of hydrogen-bond donors (Lipinski definition) is 3. The minimum absolute atomic E-state index is 0.203. The Bertz CT molecular complexity index is 485. The van der Waals surface area contributed by atoms with Crippen molar-refractivity contribution in [3.05, 3.63) is 53.0 Å². The second kappa shape index (κ2) is 6.90. The number of aliphatic hydroxyl groups is 2. The van der Waals surface area contributed by atoms with Gasteiger partial charge in [0.25, 0.3) is 5.69 Å². The minimum atomic E-state index is -0.604. The molecule has 0 heterocycles. The number of nitro benzene ring substituents is 1. The molecule has 0 unspecified atom stereocenters. The molecule has 0 atom stereocenters. The monoisotopic (exact) mass is 266 g/mol. The van der Waals surface area contributed by atoms with E-state index in [0.717, 1.165) is 18.6 Å². The molecule has 0 spiro atoms. The lowest BCUT2D eigenvalue weighted by Crippen LogP contribution is -2.24. The first-order chi connectivity index (χ1) is 9.10. The molecular weight excluding hydrogens is 252 g/mol. The maximum Gasteiger partial charge on any atom is 0.296 e. The van der Waals surface area contributed by atoms with Gasteiger partial charge in [-0.25, -0.2) is 0 Å². The van der Waals surface area contributed by atoms with Crippen LogP contribution in [-0.4, -0.2) is 33.3 Å². The van der Waals surface area contributed by atoms with Crippen molar-refractivity contribution in [2.24, 2.45) is 0 Å². The predicted molar refractivity (Wildman–Crippen MR) is 70.5 cm³/mol.